The monoisotopic (exact) mass is 540 g/mol. The number of benzene rings is 1. The molecule has 1 aromatic carbocycles. The van der Waals surface area contributed by atoms with Gasteiger partial charge in [0, 0.05) is 5.92 Å². The maximum atomic E-state index is 15.1. The van der Waals surface area contributed by atoms with Crippen LogP contribution in [0.3, 0.4) is 0 Å². The van der Waals surface area contributed by atoms with Crippen LogP contribution in [0.2, 0.25) is 0 Å². The fourth-order valence-electron chi connectivity index (χ4n) is 7.24. The van der Waals surface area contributed by atoms with Crippen molar-refractivity contribution in [3.8, 4) is 5.75 Å². The van der Waals surface area contributed by atoms with Crippen molar-refractivity contribution in [2.24, 2.45) is 29.6 Å². The molecule has 2 atom stereocenters. The summed E-state index contributed by atoms with van der Waals surface area (Å²) < 4.78 is 35.9. The SMILES string of the molecule is CCCCCC1C=CC(COc2ccc(C3CCC(C=CC4CCC(CCCC)CC4)CC3)c(F)c2F)CC1. The van der Waals surface area contributed by atoms with E-state index in [0.29, 0.717) is 24.0 Å². The van der Waals surface area contributed by atoms with E-state index < -0.39 is 11.6 Å². The van der Waals surface area contributed by atoms with E-state index in [0.717, 1.165) is 43.9 Å². The largest absolute Gasteiger partial charge is 0.490 e. The van der Waals surface area contributed by atoms with E-state index in [1.165, 1.54) is 77.0 Å². The van der Waals surface area contributed by atoms with Crippen LogP contribution in [0.25, 0.3) is 0 Å². The molecule has 2 saturated carbocycles. The fraction of sp³-hybridized carbons (Fsp3) is 0.722. The molecule has 0 spiro atoms. The van der Waals surface area contributed by atoms with Crippen LogP contribution in [0.4, 0.5) is 8.78 Å². The Morgan fingerprint density at radius 3 is 1.97 bits per heavy atom. The summed E-state index contributed by atoms with van der Waals surface area (Å²) >= 11 is 0. The average molecular weight is 541 g/mol. The third-order valence-corrected chi connectivity index (χ3v) is 10.00. The van der Waals surface area contributed by atoms with Gasteiger partial charge in [-0.3, -0.25) is 0 Å². The van der Waals surface area contributed by atoms with Crippen LogP contribution in [0.5, 0.6) is 5.75 Å². The second-order valence-electron chi connectivity index (χ2n) is 13.0. The molecule has 0 saturated heterocycles. The van der Waals surface area contributed by atoms with Gasteiger partial charge < -0.3 is 4.74 Å². The van der Waals surface area contributed by atoms with Crippen LogP contribution in [0, 0.1) is 41.2 Å². The lowest BCUT2D eigenvalue weighted by atomic mass is 9.76. The Hall–Kier alpha value is -1.64. The molecule has 0 aromatic heterocycles. The molecule has 0 heterocycles. The van der Waals surface area contributed by atoms with Crippen molar-refractivity contribution in [3.63, 3.8) is 0 Å². The second kappa shape index (κ2) is 16.0. The van der Waals surface area contributed by atoms with Gasteiger partial charge in [-0.1, -0.05) is 82.7 Å². The fourth-order valence-corrected chi connectivity index (χ4v) is 7.24. The van der Waals surface area contributed by atoms with Crippen molar-refractivity contribution < 1.29 is 13.5 Å². The molecule has 2 fully saturated rings. The van der Waals surface area contributed by atoms with E-state index in [2.05, 4.69) is 38.2 Å². The smallest absolute Gasteiger partial charge is 0.200 e. The van der Waals surface area contributed by atoms with Gasteiger partial charge in [0.25, 0.3) is 0 Å². The molecule has 3 heteroatoms. The van der Waals surface area contributed by atoms with Crippen molar-refractivity contribution >= 4 is 0 Å². The molecule has 0 aliphatic heterocycles. The zero-order chi connectivity index (χ0) is 27.5. The number of hydrogen-bond donors (Lipinski definition) is 0. The quantitative estimate of drug-likeness (QED) is 0.179. The second-order valence-corrected chi connectivity index (χ2v) is 13.0. The third-order valence-electron chi connectivity index (χ3n) is 10.00. The summed E-state index contributed by atoms with van der Waals surface area (Å²) in [5.74, 6) is 1.92. The first-order chi connectivity index (χ1) is 19.1. The number of unbranched alkanes of at least 4 members (excludes halogenated alkanes) is 3. The molecule has 2 unspecified atom stereocenters. The molecule has 218 valence electrons. The third kappa shape index (κ3) is 9.19. The van der Waals surface area contributed by atoms with Gasteiger partial charge in [0.15, 0.2) is 11.6 Å². The van der Waals surface area contributed by atoms with Crippen molar-refractivity contribution in [2.45, 2.75) is 129 Å². The highest BCUT2D eigenvalue weighted by molar-refractivity contribution is 5.33. The Kier molecular flexibility index (Phi) is 12.4. The summed E-state index contributed by atoms with van der Waals surface area (Å²) in [7, 11) is 0. The van der Waals surface area contributed by atoms with Gasteiger partial charge in [-0.25, -0.2) is 4.39 Å². The van der Waals surface area contributed by atoms with Crippen molar-refractivity contribution in [2.75, 3.05) is 6.61 Å². The van der Waals surface area contributed by atoms with Crippen molar-refractivity contribution in [1.82, 2.24) is 0 Å². The standard InChI is InChI=1S/C36H54F2O/c1-3-5-7-9-28-16-18-31(19-17-28)26-39-34-25-24-33(35(37)36(34)38)32-22-20-30(21-23-32)15-14-29-12-10-27(11-13-29)8-6-4-2/h14-16,18,24-25,27-32H,3-13,17,19-23,26H2,1-2H3. The Morgan fingerprint density at radius 2 is 1.33 bits per heavy atom. The number of halogens is 2. The minimum absolute atomic E-state index is 0.0655. The Bertz CT molecular complexity index is 905. The van der Waals surface area contributed by atoms with Crippen molar-refractivity contribution in [3.05, 3.63) is 53.6 Å². The van der Waals surface area contributed by atoms with Crippen LogP contribution in [0.15, 0.2) is 36.4 Å². The first kappa shape index (κ1) is 30.3. The Balaban J connectivity index is 1.20. The molecule has 0 bridgehead atoms. The van der Waals surface area contributed by atoms with Gasteiger partial charge in [-0.15, -0.1) is 0 Å². The molecule has 0 radical (unpaired) electrons. The maximum absolute atomic E-state index is 15.1. The number of rotatable bonds is 13. The molecular formula is C36H54F2O. The summed E-state index contributed by atoms with van der Waals surface area (Å²) in [6, 6.07) is 3.45. The van der Waals surface area contributed by atoms with Crippen LogP contribution in [-0.4, -0.2) is 6.61 Å². The van der Waals surface area contributed by atoms with E-state index in [9.17, 15) is 4.39 Å². The van der Waals surface area contributed by atoms with Crippen LogP contribution in [0.1, 0.15) is 134 Å². The normalized spacial score (nSPS) is 29.6. The minimum atomic E-state index is -0.804. The van der Waals surface area contributed by atoms with Gasteiger partial charge in [0.2, 0.25) is 5.82 Å². The number of hydrogen-bond acceptors (Lipinski definition) is 1. The predicted molar refractivity (Wildman–Crippen MR) is 160 cm³/mol. The van der Waals surface area contributed by atoms with E-state index >= 15 is 4.39 Å². The molecule has 3 aliphatic carbocycles. The van der Waals surface area contributed by atoms with Crippen LogP contribution < -0.4 is 4.74 Å². The molecule has 39 heavy (non-hydrogen) atoms. The van der Waals surface area contributed by atoms with Gasteiger partial charge in [0.05, 0.1) is 6.61 Å². The predicted octanol–water partition coefficient (Wildman–Crippen LogP) is 11.3. The summed E-state index contributed by atoms with van der Waals surface area (Å²) in [4.78, 5) is 0. The highest BCUT2D eigenvalue weighted by Gasteiger charge is 2.27. The minimum Gasteiger partial charge on any atom is -0.490 e. The molecule has 0 amide bonds. The lowest BCUT2D eigenvalue weighted by Crippen LogP contribution is -2.17. The van der Waals surface area contributed by atoms with Crippen LogP contribution in [-0.2, 0) is 0 Å². The summed E-state index contributed by atoms with van der Waals surface area (Å²) in [6.45, 7) is 4.95. The van der Waals surface area contributed by atoms with Gasteiger partial charge in [-0.05, 0) is 112 Å². The molecule has 4 rings (SSSR count). The molecule has 0 N–H and O–H groups in total. The highest BCUT2D eigenvalue weighted by Crippen LogP contribution is 2.40. The zero-order valence-electron chi connectivity index (χ0n) is 24.8. The van der Waals surface area contributed by atoms with Gasteiger partial charge in [0.1, 0.15) is 0 Å². The van der Waals surface area contributed by atoms with E-state index in [1.807, 2.05) is 0 Å². The van der Waals surface area contributed by atoms with Gasteiger partial charge in [-0.2, -0.15) is 4.39 Å². The summed E-state index contributed by atoms with van der Waals surface area (Å²) in [5.41, 5.74) is 0.542. The van der Waals surface area contributed by atoms with E-state index in [-0.39, 0.29) is 17.6 Å². The van der Waals surface area contributed by atoms with Gasteiger partial charge >= 0.3 is 0 Å². The Morgan fingerprint density at radius 1 is 0.692 bits per heavy atom. The summed E-state index contributed by atoms with van der Waals surface area (Å²) in [6.07, 6.45) is 30.4. The van der Waals surface area contributed by atoms with Crippen LogP contribution >= 0.6 is 0 Å². The van der Waals surface area contributed by atoms with E-state index in [4.69, 9.17) is 4.74 Å². The zero-order valence-corrected chi connectivity index (χ0v) is 24.8. The maximum Gasteiger partial charge on any atom is 0.200 e. The number of ether oxygens (including phenoxy) is 1. The molecule has 1 aromatic rings. The van der Waals surface area contributed by atoms with Crippen molar-refractivity contribution in [1.29, 1.82) is 0 Å². The first-order valence-electron chi connectivity index (χ1n) is 16.5. The molecule has 3 aliphatic rings. The molecule has 1 nitrogen and oxygen atoms in total. The first-order valence-corrected chi connectivity index (χ1v) is 16.5. The lowest BCUT2D eigenvalue weighted by molar-refractivity contribution is 0.240. The number of allylic oxidation sites excluding steroid dienone is 3. The topological polar surface area (TPSA) is 9.23 Å². The Labute approximate surface area is 237 Å². The lowest BCUT2D eigenvalue weighted by Gasteiger charge is -2.29. The summed E-state index contributed by atoms with van der Waals surface area (Å²) in [5, 5.41) is 0. The highest BCUT2D eigenvalue weighted by atomic mass is 19.2. The van der Waals surface area contributed by atoms with E-state index in [1.54, 1.807) is 12.1 Å². The average Bonchev–Trinajstić information content (AvgIpc) is 2.97. The molecular weight excluding hydrogens is 486 g/mol.